The van der Waals surface area contributed by atoms with E-state index in [1.54, 1.807) is 4.90 Å². The molecule has 0 radical (unpaired) electrons. The molecule has 1 aromatic rings. The second-order valence-corrected chi connectivity index (χ2v) is 11.8. The first-order valence-electron chi connectivity index (χ1n) is 13.7. The van der Waals surface area contributed by atoms with E-state index in [2.05, 4.69) is 5.32 Å². The molecule has 5 rings (SSSR count). The SMILES string of the molecule is Cc1ccc(CN2C(=O)CN(C3NC4(CCCCCCCC4)C(Cl)CC3F)C(=O)[C@H]2C2COC2)cc1. The molecule has 3 unspecified atom stereocenters. The molecule has 3 aliphatic heterocycles. The summed E-state index contributed by atoms with van der Waals surface area (Å²) in [4.78, 5) is 30.7. The maximum Gasteiger partial charge on any atom is 0.247 e. The zero-order valence-corrected chi connectivity index (χ0v) is 22.0. The van der Waals surface area contributed by atoms with Crippen LogP contribution >= 0.6 is 11.6 Å². The van der Waals surface area contributed by atoms with E-state index >= 15 is 4.39 Å². The third kappa shape index (κ3) is 5.16. The normalized spacial score (nSPS) is 32.1. The monoisotopic (exact) mass is 519 g/mol. The van der Waals surface area contributed by atoms with E-state index < -0.39 is 23.9 Å². The molecule has 8 heteroatoms. The average molecular weight is 520 g/mol. The maximum absolute atomic E-state index is 15.6. The molecule has 4 atom stereocenters. The molecular formula is C28H39ClFN3O3. The van der Waals surface area contributed by atoms with Gasteiger partial charge in [-0.1, -0.05) is 68.4 Å². The van der Waals surface area contributed by atoms with Gasteiger partial charge in [0.15, 0.2) is 0 Å². The van der Waals surface area contributed by atoms with Crippen LogP contribution in [0.15, 0.2) is 24.3 Å². The Bertz CT molecular complexity index is 930. The summed E-state index contributed by atoms with van der Waals surface area (Å²) in [7, 11) is 0. The molecule has 6 nitrogen and oxygen atoms in total. The molecule has 2 amide bonds. The van der Waals surface area contributed by atoms with Crippen molar-refractivity contribution in [2.24, 2.45) is 5.92 Å². The summed E-state index contributed by atoms with van der Waals surface area (Å²) >= 11 is 6.83. The van der Waals surface area contributed by atoms with Crippen LogP contribution < -0.4 is 5.32 Å². The summed E-state index contributed by atoms with van der Waals surface area (Å²) in [5.41, 5.74) is 1.72. The van der Waals surface area contributed by atoms with Crippen molar-refractivity contribution in [1.82, 2.24) is 15.1 Å². The number of benzene rings is 1. The lowest BCUT2D eigenvalue weighted by molar-refractivity contribution is -0.174. The summed E-state index contributed by atoms with van der Waals surface area (Å²) in [6.07, 6.45) is 6.62. The summed E-state index contributed by atoms with van der Waals surface area (Å²) in [6.45, 7) is 3.15. The highest BCUT2D eigenvalue weighted by Crippen LogP contribution is 2.40. The number of hydrogen-bond donors (Lipinski definition) is 1. The zero-order chi connectivity index (χ0) is 25.3. The van der Waals surface area contributed by atoms with Crippen LogP contribution in [0.3, 0.4) is 0 Å². The molecule has 3 saturated heterocycles. The molecule has 3 heterocycles. The number of piperidine rings is 1. The second kappa shape index (κ2) is 11.0. The number of rotatable bonds is 4. The maximum atomic E-state index is 15.6. The Morgan fingerprint density at radius 3 is 2.31 bits per heavy atom. The first kappa shape index (κ1) is 25.9. The number of carbonyl (C=O) groups is 2. The highest BCUT2D eigenvalue weighted by atomic mass is 35.5. The third-order valence-corrected chi connectivity index (χ3v) is 9.32. The van der Waals surface area contributed by atoms with Crippen LogP contribution in [0.5, 0.6) is 0 Å². The molecule has 1 N–H and O–H groups in total. The molecule has 4 aliphatic rings. The van der Waals surface area contributed by atoms with Gasteiger partial charge in [0.1, 0.15) is 24.9 Å². The van der Waals surface area contributed by atoms with Gasteiger partial charge in [-0.15, -0.1) is 11.6 Å². The van der Waals surface area contributed by atoms with Crippen LogP contribution in [-0.2, 0) is 20.9 Å². The van der Waals surface area contributed by atoms with Gasteiger partial charge in [-0.05, 0) is 25.3 Å². The summed E-state index contributed by atoms with van der Waals surface area (Å²) in [5.74, 6) is -0.394. The number of hydrogen-bond acceptors (Lipinski definition) is 4. The largest absolute Gasteiger partial charge is 0.380 e. The van der Waals surface area contributed by atoms with Crippen molar-refractivity contribution in [2.75, 3.05) is 19.8 Å². The number of aryl methyl sites for hydroxylation is 1. The number of carbonyl (C=O) groups excluding carboxylic acids is 2. The van der Waals surface area contributed by atoms with Gasteiger partial charge < -0.3 is 14.5 Å². The smallest absolute Gasteiger partial charge is 0.247 e. The van der Waals surface area contributed by atoms with Crippen molar-refractivity contribution in [1.29, 1.82) is 0 Å². The van der Waals surface area contributed by atoms with E-state index in [-0.39, 0.29) is 36.1 Å². The minimum Gasteiger partial charge on any atom is -0.380 e. The molecule has 1 saturated carbocycles. The zero-order valence-electron chi connectivity index (χ0n) is 21.3. The first-order chi connectivity index (χ1) is 17.4. The lowest BCUT2D eigenvalue weighted by atomic mass is 9.78. The van der Waals surface area contributed by atoms with E-state index in [0.717, 1.165) is 49.7 Å². The number of nitrogens with one attached hydrogen (secondary N) is 1. The lowest BCUT2D eigenvalue weighted by Gasteiger charge is -2.53. The van der Waals surface area contributed by atoms with Gasteiger partial charge in [0, 0.05) is 24.4 Å². The van der Waals surface area contributed by atoms with Crippen LogP contribution in [-0.4, -0.2) is 70.7 Å². The molecule has 0 aromatic heterocycles. The molecular weight excluding hydrogens is 481 g/mol. The Morgan fingerprint density at radius 2 is 1.69 bits per heavy atom. The van der Waals surface area contributed by atoms with Crippen LogP contribution in [0, 0.1) is 12.8 Å². The molecule has 1 spiro atoms. The van der Waals surface area contributed by atoms with Crippen LogP contribution in [0.2, 0.25) is 0 Å². The van der Waals surface area contributed by atoms with Gasteiger partial charge in [0.25, 0.3) is 0 Å². The van der Waals surface area contributed by atoms with Crippen molar-refractivity contribution in [3.05, 3.63) is 35.4 Å². The van der Waals surface area contributed by atoms with E-state index in [9.17, 15) is 9.59 Å². The Balaban J connectivity index is 1.39. The minimum atomic E-state index is -1.32. The number of alkyl halides is 2. The predicted octanol–water partition coefficient (Wildman–Crippen LogP) is 4.32. The average Bonchev–Trinajstić information content (AvgIpc) is 2.94. The quantitative estimate of drug-likeness (QED) is 0.602. The highest BCUT2D eigenvalue weighted by Gasteiger charge is 2.53. The van der Waals surface area contributed by atoms with E-state index in [0.29, 0.717) is 19.8 Å². The Hall–Kier alpha value is -1.70. The minimum absolute atomic E-state index is 0.0732. The number of halogens is 2. The molecule has 36 heavy (non-hydrogen) atoms. The number of piperazine rings is 1. The topological polar surface area (TPSA) is 61.9 Å². The number of ether oxygens (including phenoxy) is 1. The molecule has 1 aromatic carbocycles. The Morgan fingerprint density at radius 1 is 1.06 bits per heavy atom. The molecule has 0 bridgehead atoms. The van der Waals surface area contributed by atoms with E-state index in [1.807, 2.05) is 31.2 Å². The number of nitrogens with zero attached hydrogens (tertiary/aromatic N) is 2. The van der Waals surface area contributed by atoms with E-state index in [1.165, 1.54) is 17.7 Å². The Labute approximate surface area is 218 Å². The Kier molecular flexibility index (Phi) is 7.89. The van der Waals surface area contributed by atoms with Crippen LogP contribution in [0.1, 0.15) is 68.9 Å². The second-order valence-electron chi connectivity index (χ2n) is 11.3. The summed E-state index contributed by atoms with van der Waals surface area (Å²) in [5, 5.41) is 3.22. The van der Waals surface area contributed by atoms with Gasteiger partial charge in [-0.3, -0.25) is 14.9 Å². The number of amides is 2. The van der Waals surface area contributed by atoms with Crippen molar-refractivity contribution < 1.29 is 18.7 Å². The van der Waals surface area contributed by atoms with E-state index in [4.69, 9.17) is 16.3 Å². The lowest BCUT2D eigenvalue weighted by Crippen LogP contribution is -2.74. The fraction of sp³-hybridized carbons (Fsp3) is 0.714. The standard InChI is InChI=1S/C28H39ClFN3O3/c1-19-8-10-20(11-9-19)15-32-24(34)16-33(27(35)25(32)21-17-36-18-21)26-22(30)14-23(29)28(31-26)12-6-4-2-3-5-7-13-28/h8-11,21-23,25-26,31H,2-7,12-18H2,1H3/t22?,23?,25-,26?/m1/s1. The van der Waals surface area contributed by atoms with Gasteiger partial charge >= 0.3 is 0 Å². The molecule has 1 aliphatic carbocycles. The first-order valence-corrected chi connectivity index (χ1v) is 14.1. The summed E-state index contributed by atoms with van der Waals surface area (Å²) < 4.78 is 21.0. The van der Waals surface area contributed by atoms with Crippen LogP contribution in [0.25, 0.3) is 0 Å². The van der Waals surface area contributed by atoms with Gasteiger partial charge in [-0.25, -0.2) is 4.39 Å². The van der Waals surface area contributed by atoms with Gasteiger partial charge in [-0.2, -0.15) is 0 Å². The van der Waals surface area contributed by atoms with Crippen molar-refractivity contribution in [2.45, 2.75) is 101 Å². The van der Waals surface area contributed by atoms with Gasteiger partial charge in [0.2, 0.25) is 11.8 Å². The molecule has 4 fully saturated rings. The fourth-order valence-electron chi connectivity index (χ4n) is 6.45. The summed E-state index contributed by atoms with van der Waals surface area (Å²) in [6, 6.07) is 7.38. The van der Waals surface area contributed by atoms with Crippen LogP contribution in [0.4, 0.5) is 4.39 Å². The van der Waals surface area contributed by atoms with Crippen molar-refractivity contribution >= 4 is 23.4 Å². The van der Waals surface area contributed by atoms with Gasteiger partial charge in [0.05, 0.1) is 18.6 Å². The third-order valence-electron chi connectivity index (χ3n) is 8.72. The highest BCUT2D eigenvalue weighted by molar-refractivity contribution is 6.21. The van der Waals surface area contributed by atoms with Crippen molar-refractivity contribution in [3.8, 4) is 0 Å². The fourth-order valence-corrected chi connectivity index (χ4v) is 6.90. The predicted molar refractivity (Wildman–Crippen MR) is 137 cm³/mol. The van der Waals surface area contributed by atoms with Crippen molar-refractivity contribution in [3.63, 3.8) is 0 Å². The molecule has 198 valence electrons.